The Morgan fingerprint density at radius 2 is 0.879 bits per heavy atom. The summed E-state index contributed by atoms with van der Waals surface area (Å²) in [7, 11) is 0. The molecule has 0 unspecified atom stereocenters. The van der Waals surface area contributed by atoms with Gasteiger partial charge in [0, 0.05) is 74.9 Å². The standard InChI is InChI=1S/C48H66N4O6/c1-9-11-33-55-43-35-40(20-14-38-17-23-42(24-18-38)50-27-31-52(32-28-50)46(54)58-48(6,7)8)44(56-34-12-10-2)36-39(43)19-13-37-15-21-41(22-16-37)49-25-29-51(30-26-49)45(53)57-47(3,4)5/h13-24,35-36H,9-12,25-34H2,1-8H3/b19-13+,20-14+. The zero-order chi connectivity index (χ0) is 41.7. The van der Waals surface area contributed by atoms with Crippen LogP contribution in [0.2, 0.25) is 0 Å². The van der Waals surface area contributed by atoms with Crippen molar-refractivity contribution >= 4 is 47.9 Å². The van der Waals surface area contributed by atoms with Gasteiger partial charge in [-0.2, -0.15) is 0 Å². The zero-order valence-electron chi connectivity index (χ0n) is 36.2. The third-order valence-electron chi connectivity index (χ3n) is 9.94. The average Bonchev–Trinajstić information content (AvgIpc) is 3.19. The summed E-state index contributed by atoms with van der Waals surface area (Å²) in [4.78, 5) is 33.3. The summed E-state index contributed by atoms with van der Waals surface area (Å²) in [5.41, 5.74) is 5.39. The first-order chi connectivity index (χ1) is 27.7. The van der Waals surface area contributed by atoms with E-state index >= 15 is 0 Å². The van der Waals surface area contributed by atoms with Crippen LogP contribution in [0.15, 0.2) is 60.7 Å². The molecule has 314 valence electrons. The van der Waals surface area contributed by atoms with Crippen LogP contribution in [0.5, 0.6) is 11.5 Å². The fourth-order valence-corrected chi connectivity index (χ4v) is 6.67. The number of unbranched alkanes of at least 4 members (excludes halogenated alkanes) is 2. The molecule has 58 heavy (non-hydrogen) atoms. The number of ether oxygens (including phenoxy) is 4. The number of piperazine rings is 2. The lowest BCUT2D eigenvalue weighted by Gasteiger charge is -2.36. The maximum absolute atomic E-state index is 12.5. The van der Waals surface area contributed by atoms with Crippen molar-refractivity contribution in [2.75, 3.05) is 75.4 Å². The van der Waals surface area contributed by atoms with Gasteiger partial charge in [-0.05, 0) is 102 Å². The van der Waals surface area contributed by atoms with E-state index in [4.69, 9.17) is 18.9 Å². The van der Waals surface area contributed by atoms with E-state index in [2.05, 4.69) is 109 Å². The maximum Gasteiger partial charge on any atom is 0.410 e. The molecule has 0 radical (unpaired) electrons. The monoisotopic (exact) mass is 794 g/mol. The second kappa shape index (κ2) is 20.5. The van der Waals surface area contributed by atoms with Crippen molar-refractivity contribution in [2.24, 2.45) is 0 Å². The Labute approximate surface area is 347 Å². The first-order valence-corrected chi connectivity index (χ1v) is 21.2. The largest absolute Gasteiger partial charge is 0.493 e. The first kappa shape index (κ1) is 44.0. The van der Waals surface area contributed by atoms with Gasteiger partial charge in [0.05, 0.1) is 13.2 Å². The fourth-order valence-electron chi connectivity index (χ4n) is 6.67. The molecule has 5 rings (SSSR count). The highest BCUT2D eigenvalue weighted by atomic mass is 16.6. The van der Waals surface area contributed by atoms with Crippen LogP contribution >= 0.6 is 0 Å². The predicted octanol–water partition coefficient (Wildman–Crippen LogP) is 10.5. The third-order valence-corrected chi connectivity index (χ3v) is 9.94. The molecular formula is C48H66N4O6. The van der Waals surface area contributed by atoms with Crippen LogP contribution in [0.25, 0.3) is 24.3 Å². The molecule has 2 fully saturated rings. The number of hydrogen-bond acceptors (Lipinski definition) is 8. The van der Waals surface area contributed by atoms with Gasteiger partial charge < -0.3 is 38.5 Å². The van der Waals surface area contributed by atoms with E-state index in [-0.39, 0.29) is 12.2 Å². The number of benzene rings is 3. The fraction of sp³-hybridized carbons (Fsp3) is 0.500. The Bertz CT molecular complexity index is 1690. The highest BCUT2D eigenvalue weighted by Gasteiger charge is 2.27. The second-order valence-corrected chi connectivity index (χ2v) is 17.1. The van der Waals surface area contributed by atoms with E-state index in [0.29, 0.717) is 39.4 Å². The molecule has 3 aromatic carbocycles. The van der Waals surface area contributed by atoms with Crippen LogP contribution in [0.1, 0.15) is 103 Å². The third kappa shape index (κ3) is 13.5. The molecule has 2 aliphatic heterocycles. The highest BCUT2D eigenvalue weighted by Crippen LogP contribution is 2.33. The summed E-state index contributed by atoms with van der Waals surface area (Å²) in [6.45, 7) is 22.6. The summed E-state index contributed by atoms with van der Waals surface area (Å²) in [5, 5.41) is 0. The van der Waals surface area contributed by atoms with E-state index in [1.54, 1.807) is 9.80 Å². The molecule has 0 aromatic heterocycles. The summed E-state index contributed by atoms with van der Waals surface area (Å²) < 4.78 is 23.9. The Balaban J connectivity index is 1.27. The second-order valence-electron chi connectivity index (χ2n) is 17.1. The molecule has 0 spiro atoms. The molecule has 0 aliphatic carbocycles. The number of amides is 2. The van der Waals surface area contributed by atoms with E-state index in [0.717, 1.165) is 97.0 Å². The number of nitrogens with zero attached hydrogens (tertiary/aromatic N) is 4. The van der Waals surface area contributed by atoms with Gasteiger partial charge in [-0.3, -0.25) is 0 Å². The van der Waals surface area contributed by atoms with Gasteiger partial charge in [0.2, 0.25) is 0 Å². The van der Waals surface area contributed by atoms with E-state index < -0.39 is 11.2 Å². The highest BCUT2D eigenvalue weighted by molar-refractivity contribution is 5.79. The smallest absolute Gasteiger partial charge is 0.410 e. The Hall–Kier alpha value is -5.12. The molecule has 10 heteroatoms. The van der Waals surface area contributed by atoms with Crippen LogP contribution in [-0.2, 0) is 9.47 Å². The quantitative estimate of drug-likeness (QED) is 0.118. The van der Waals surface area contributed by atoms with Crippen molar-refractivity contribution in [3.05, 3.63) is 82.9 Å². The molecule has 2 aliphatic rings. The van der Waals surface area contributed by atoms with Crippen molar-refractivity contribution in [3.63, 3.8) is 0 Å². The van der Waals surface area contributed by atoms with Gasteiger partial charge in [-0.15, -0.1) is 0 Å². The molecule has 10 nitrogen and oxygen atoms in total. The van der Waals surface area contributed by atoms with Gasteiger partial charge in [0.25, 0.3) is 0 Å². The maximum atomic E-state index is 12.5. The molecular weight excluding hydrogens is 729 g/mol. The van der Waals surface area contributed by atoms with Crippen LogP contribution in [0.4, 0.5) is 21.0 Å². The Morgan fingerprint density at radius 1 is 0.534 bits per heavy atom. The van der Waals surface area contributed by atoms with Gasteiger partial charge in [-0.25, -0.2) is 9.59 Å². The van der Waals surface area contributed by atoms with Crippen molar-refractivity contribution in [1.29, 1.82) is 0 Å². The summed E-state index contributed by atoms with van der Waals surface area (Å²) in [6, 6.07) is 21.3. The lowest BCUT2D eigenvalue weighted by molar-refractivity contribution is 0.0230. The zero-order valence-corrected chi connectivity index (χ0v) is 36.2. The van der Waals surface area contributed by atoms with E-state index in [9.17, 15) is 9.59 Å². The topological polar surface area (TPSA) is 84.0 Å². The van der Waals surface area contributed by atoms with Crippen molar-refractivity contribution in [2.45, 2.75) is 92.3 Å². The average molecular weight is 795 g/mol. The van der Waals surface area contributed by atoms with Crippen molar-refractivity contribution in [3.8, 4) is 11.5 Å². The number of anilines is 2. The van der Waals surface area contributed by atoms with Crippen LogP contribution in [0.3, 0.4) is 0 Å². The minimum atomic E-state index is -0.497. The SMILES string of the molecule is CCCCOc1cc(/C=C/c2ccc(N3CCN(C(=O)OC(C)(C)C)CC3)cc2)c(OCCCC)cc1/C=C/c1ccc(N2CCN(C(=O)OC(C)(C)C)CC2)cc1. The van der Waals surface area contributed by atoms with Crippen LogP contribution < -0.4 is 19.3 Å². The molecule has 0 atom stereocenters. The van der Waals surface area contributed by atoms with Gasteiger partial charge in [0.1, 0.15) is 22.7 Å². The normalized spacial score (nSPS) is 15.3. The van der Waals surface area contributed by atoms with E-state index in [1.807, 2.05) is 41.5 Å². The summed E-state index contributed by atoms with van der Waals surface area (Å²) >= 11 is 0. The van der Waals surface area contributed by atoms with Crippen molar-refractivity contribution in [1.82, 2.24) is 9.80 Å². The number of carbonyl (C=O) groups is 2. The van der Waals surface area contributed by atoms with Gasteiger partial charge >= 0.3 is 12.2 Å². The molecule has 0 bridgehead atoms. The molecule has 2 saturated heterocycles. The molecule has 2 amide bonds. The minimum Gasteiger partial charge on any atom is -0.493 e. The summed E-state index contributed by atoms with van der Waals surface area (Å²) in [6.07, 6.45) is 12.0. The number of hydrogen-bond donors (Lipinski definition) is 0. The molecule has 0 saturated carbocycles. The molecule has 3 aromatic rings. The van der Waals surface area contributed by atoms with Crippen LogP contribution in [-0.4, -0.2) is 98.8 Å². The molecule has 0 N–H and O–H groups in total. The van der Waals surface area contributed by atoms with E-state index in [1.165, 1.54) is 0 Å². The van der Waals surface area contributed by atoms with Gasteiger partial charge in [-0.1, -0.05) is 75.3 Å². The van der Waals surface area contributed by atoms with Crippen molar-refractivity contribution < 1.29 is 28.5 Å². The number of carbonyl (C=O) groups excluding carboxylic acids is 2. The lowest BCUT2D eigenvalue weighted by atomic mass is 10.0. The minimum absolute atomic E-state index is 0.246. The molecule has 2 heterocycles. The predicted molar refractivity (Wildman–Crippen MR) is 238 cm³/mol. The lowest BCUT2D eigenvalue weighted by Crippen LogP contribution is -2.50. The summed E-state index contributed by atoms with van der Waals surface area (Å²) in [5.74, 6) is 1.65. The Morgan fingerprint density at radius 3 is 1.19 bits per heavy atom. The van der Waals surface area contributed by atoms with Crippen LogP contribution in [0, 0.1) is 0 Å². The number of rotatable bonds is 14. The first-order valence-electron chi connectivity index (χ1n) is 21.2. The Kier molecular flexibility index (Phi) is 15.6. The van der Waals surface area contributed by atoms with Gasteiger partial charge in [0.15, 0.2) is 0 Å².